The van der Waals surface area contributed by atoms with Crippen molar-refractivity contribution in [3.8, 4) is 11.4 Å². The van der Waals surface area contributed by atoms with Crippen LogP contribution >= 0.6 is 0 Å². The Kier molecular flexibility index (Phi) is 4.30. The van der Waals surface area contributed by atoms with Gasteiger partial charge in [0.15, 0.2) is 17.5 Å². The molecule has 2 fully saturated rings. The lowest BCUT2D eigenvalue weighted by Crippen LogP contribution is -2.48. The van der Waals surface area contributed by atoms with Crippen molar-refractivity contribution in [3.05, 3.63) is 36.3 Å². The van der Waals surface area contributed by atoms with Crippen molar-refractivity contribution in [3.63, 3.8) is 0 Å². The third-order valence-corrected chi connectivity index (χ3v) is 5.99. The Labute approximate surface area is 170 Å². The molecule has 0 bridgehead atoms. The molecular formula is C20H20F2N6O2. The van der Waals surface area contributed by atoms with E-state index in [-0.39, 0.29) is 23.7 Å². The molecular weight excluding hydrogens is 394 g/mol. The first-order chi connectivity index (χ1) is 14.4. The highest BCUT2D eigenvalue weighted by Gasteiger charge is 2.49. The first kappa shape index (κ1) is 18.7. The zero-order valence-electron chi connectivity index (χ0n) is 16.2. The molecule has 3 aromatic rings. The number of pyridine rings is 1. The fraction of sp³-hybridized carbons (Fsp3) is 0.400. The zero-order chi connectivity index (χ0) is 20.9. The van der Waals surface area contributed by atoms with Crippen LogP contribution in [0.25, 0.3) is 22.4 Å². The Bertz CT molecular complexity index is 1140. The summed E-state index contributed by atoms with van der Waals surface area (Å²) < 4.78 is 33.7. The van der Waals surface area contributed by atoms with E-state index in [1.54, 1.807) is 6.20 Å². The standard InChI is InChI=1S/C20H20F2N6O2/c1-10-20(30-19(29)26-10)4-2-3-12(6-20)27-18-15(22)9-25-17(28-18)14-8-24-16-13(14)5-11(21)7-23-16/h5,7-10,12H,2-4,6H2,1H3,(H,23,24)(H,26,29)(H,25,27,28)/t10-,12+,20+/m1/s1. The van der Waals surface area contributed by atoms with Crippen molar-refractivity contribution in [1.82, 2.24) is 25.3 Å². The van der Waals surface area contributed by atoms with Gasteiger partial charge in [-0.3, -0.25) is 0 Å². The lowest BCUT2D eigenvalue weighted by atomic mass is 9.78. The minimum absolute atomic E-state index is 0.0608. The summed E-state index contributed by atoms with van der Waals surface area (Å²) in [7, 11) is 0. The van der Waals surface area contributed by atoms with E-state index in [4.69, 9.17) is 4.74 Å². The Balaban J connectivity index is 1.43. The van der Waals surface area contributed by atoms with E-state index in [1.807, 2.05) is 6.92 Å². The van der Waals surface area contributed by atoms with Crippen LogP contribution in [0.5, 0.6) is 0 Å². The summed E-state index contributed by atoms with van der Waals surface area (Å²) in [5.41, 5.74) is 0.426. The molecule has 0 unspecified atom stereocenters. The number of hydrogen-bond acceptors (Lipinski definition) is 6. The van der Waals surface area contributed by atoms with E-state index in [0.29, 0.717) is 23.0 Å². The van der Waals surface area contributed by atoms with E-state index in [0.717, 1.165) is 31.7 Å². The average Bonchev–Trinajstić information content (AvgIpc) is 3.24. The minimum Gasteiger partial charge on any atom is -0.441 e. The van der Waals surface area contributed by atoms with E-state index < -0.39 is 23.3 Å². The van der Waals surface area contributed by atoms with Crippen molar-refractivity contribution in [1.29, 1.82) is 0 Å². The van der Waals surface area contributed by atoms with Crippen LogP contribution in [0, 0.1) is 11.6 Å². The maximum atomic E-state index is 14.5. The number of anilines is 1. The lowest BCUT2D eigenvalue weighted by Gasteiger charge is -2.38. The quantitative estimate of drug-likeness (QED) is 0.606. The number of amides is 1. The number of alkyl carbamates (subject to hydrolysis) is 1. The van der Waals surface area contributed by atoms with Crippen LogP contribution in [0.15, 0.2) is 24.7 Å². The number of aromatic amines is 1. The van der Waals surface area contributed by atoms with Gasteiger partial charge in [-0.05, 0) is 32.3 Å². The van der Waals surface area contributed by atoms with Crippen LogP contribution in [0.4, 0.5) is 19.4 Å². The van der Waals surface area contributed by atoms with Crippen molar-refractivity contribution >= 4 is 22.9 Å². The fourth-order valence-electron chi connectivity index (χ4n) is 4.44. The van der Waals surface area contributed by atoms with E-state index in [9.17, 15) is 13.6 Å². The van der Waals surface area contributed by atoms with E-state index in [2.05, 4.69) is 30.6 Å². The van der Waals surface area contributed by atoms with Crippen molar-refractivity contribution in [2.45, 2.75) is 50.3 Å². The Morgan fingerprint density at radius 2 is 2.17 bits per heavy atom. The van der Waals surface area contributed by atoms with Crippen LogP contribution in [0.3, 0.4) is 0 Å². The number of rotatable bonds is 3. The molecule has 1 aliphatic carbocycles. The number of hydrogen-bond donors (Lipinski definition) is 3. The SMILES string of the molecule is C[C@H]1NC(=O)O[C@]12CCC[C@H](Nc1nc(-c3c[nH]c4ncc(F)cc34)ncc1F)C2. The second-order valence-corrected chi connectivity index (χ2v) is 7.90. The van der Waals surface area contributed by atoms with Gasteiger partial charge in [0.2, 0.25) is 0 Å². The largest absolute Gasteiger partial charge is 0.441 e. The second-order valence-electron chi connectivity index (χ2n) is 7.90. The monoisotopic (exact) mass is 414 g/mol. The van der Waals surface area contributed by atoms with Gasteiger partial charge in [0.05, 0.1) is 18.4 Å². The molecule has 1 saturated carbocycles. The molecule has 0 aromatic carbocycles. The van der Waals surface area contributed by atoms with Gasteiger partial charge < -0.3 is 20.4 Å². The summed E-state index contributed by atoms with van der Waals surface area (Å²) in [5, 5.41) is 6.46. The highest BCUT2D eigenvalue weighted by atomic mass is 19.1. The summed E-state index contributed by atoms with van der Waals surface area (Å²) in [6, 6.07) is 1.10. The van der Waals surface area contributed by atoms with Gasteiger partial charge in [0.1, 0.15) is 17.1 Å². The van der Waals surface area contributed by atoms with Crippen molar-refractivity contribution in [2.75, 3.05) is 5.32 Å². The number of nitrogens with one attached hydrogen (secondary N) is 3. The molecule has 156 valence electrons. The Hall–Kier alpha value is -3.30. The highest BCUT2D eigenvalue weighted by molar-refractivity contribution is 5.91. The number of nitrogens with zero attached hydrogens (tertiary/aromatic N) is 3. The number of carbonyl (C=O) groups excluding carboxylic acids is 1. The smallest absolute Gasteiger partial charge is 0.408 e. The predicted molar refractivity (Wildman–Crippen MR) is 105 cm³/mol. The zero-order valence-corrected chi connectivity index (χ0v) is 16.2. The number of fused-ring (bicyclic) bond motifs is 1. The van der Waals surface area contributed by atoms with Gasteiger partial charge >= 0.3 is 6.09 Å². The molecule has 4 heterocycles. The Morgan fingerprint density at radius 1 is 1.30 bits per heavy atom. The molecule has 3 N–H and O–H groups in total. The first-order valence-corrected chi connectivity index (χ1v) is 9.85. The molecule has 5 rings (SSSR count). The molecule has 1 saturated heterocycles. The third kappa shape index (κ3) is 3.12. The van der Waals surface area contributed by atoms with Gasteiger partial charge in [-0.1, -0.05) is 0 Å². The summed E-state index contributed by atoms with van der Waals surface area (Å²) in [6.07, 6.45) is 6.36. The lowest BCUT2D eigenvalue weighted by molar-refractivity contribution is 0.00441. The molecule has 1 aliphatic heterocycles. The molecule has 3 aromatic heterocycles. The molecule has 1 spiro atoms. The van der Waals surface area contributed by atoms with Gasteiger partial charge in [-0.2, -0.15) is 0 Å². The average molecular weight is 414 g/mol. The third-order valence-electron chi connectivity index (χ3n) is 5.99. The molecule has 0 radical (unpaired) electrons. The van der Waals surface area contributed by atoms with E-state index in [1.165, 1.54) is 6.07 Å². The van der Waals surface area contributed by atoms with Crippen LogP contribution < -0.4 is 10.6 Å². The van der Waals surface area contributed by atoms with Crippen LogP contribution in [0.1, 0.15) is 32.6 Å². The van der Waals surface area contributed by atoms with Crippen LogP contribution in [-0.4, -0.2) is 43.7 Å². The summed E-state index contributed by atoms with van der Waals surface area (Å²) in [6.45, 7) is 1.92. The maximum absolute atomic E-state index is 14.5. The van der Waals surface area contributed by atoms with E-state index >= 15 is 0 Å². The van der Waals surface area contributed by atoms with Crippen LogP contribution in [-0.2, 0) is 4.74 Å². The molecule has 1 amide bonds. The van der Waals surface area contributed by atoms with Gasteiger partial charge in [0, 0.05) is 29.6 Å². The summed E-state index contributed by atoms with van der Waals surface area (Å²) in [4.78, 5) is 27.0. The number of H-pyrrole nitrogens is 1. The number of carbonyl (C=O) groups is 1. The van der Waals surface area contributed by atoms with Gasteiger partial charge in [-0.25, -0.2) is 28.5 Å². The van der Waals surface area contributed by atoms with Gasteiger partial charge in [-0.15, -0.1) is 0 Å². The second kappa shape index (κ2) is 6.89. The highest BCUT2D eigenvalue weighted by Crippen LogP contribution is 2.39. The molecule has 30 heavy (non-hydrogen) atoms. The van der Waals surface area contributed by atoms with Crippen molar-refractivity contribution in [2.24, 2.45) is 0 Å². The predicted octanol–water partition coefficient (Wildman–Crippen LogP) is 3.52. The van der Waals surface area contributed by atoms with Gasteiger partial charge in [0.25, 0.3) is 0 Å². The summed E-state index contributed by atoms with van der Waals surface area (Å²) >= 11 is 0. The Morgan fingerprint density at radius 3 is 2.97 bits per heavy atom. The molecule has 2 aliphatic rings. The molecule has 3 atom stereocenters. The first-order valence-electron chi connectivity index (χ1n) is 9.85. The maximum Gasteiger partial charge on any atom is 0.408 e. The van der Waals surface area contributed by atoms with Crippen molar-refractivity contribution < 1.29 is 18.3 Å². The molecule has 8 nitrogen and oxygen atoms in total. The minimum atomic E-state index is -0.598. The van der Waals surface area contributed by atoms with Crippen LogP contribution in [0.2, 0.25) is 0 Å². The fourth-order valence-corrected chi connectivity index (χ4v) is 4.44. The topological polar surface area (TPSA) is 105 Å². The number of halogens is 2. The number of aromatic nitrogens is 4. The summed E-state index contributed by atoms with van der Waals surface area (Å²) in [5.74, 6) is -0.752. The number of ether oxygens (including phenoxy) is 1. The normalized spacial score (nSPS) is 26.0. The molecule has 10 heteroatoms.